The number of fused-ring (bicyclic) bond motifs is 1. The Morgan fingerprint density at radius 1 is 1.25 bits per heavy atom. The van der Waals surface area contributed by atoms with Crippen LogP contribution in [0.2, 0.25) is 0 Å². The summed E-state index contributed by atoms with van der Waals surface area (Å²) in [6, 6.07) is 10.5. The highest BCUT2D eigenvalue weighted by molar-refractivity contribution is 5.80. The van der Waals surface area contributed by atoms with Crippen LogP contribution in [0.5, 0.6) is 0 Å². The molecule has 1 atom stereocenters. The highest BCUT2D eigenvalue weighted by Gasteiger charge is 2.21. The Bertz CT molecular complexity index is 808. The van der Waals surface area contributed by atoms with Gasteiger partial charge in [-0.05, 0) is 36.1 Å². The minimum atomic E-state index is 0.487. The molecule has 0 radical (unpaired) electrons. The van der Waals surface area contributed by atoms with Crippen molar-refractivity contribution in [2.75, 3.05) is 26.3 Å². The van der Waals surface area contributed by atoms with E-state index < -0.39 is 0 Å². The van der Waals surface area contributed by atoms with Gasteiger partial charge in [0.05, 0.1) is 25.2 Å². The van der Waals surface area contributed by atoms with Crippen LogP contribution in [0.25, 0.3) is 11.0 Å². The van der Waals surface area contributed by atoms with Gasteiger partial charge in [-0.3, -0.25) is 9.58 Å². The lowest BCUT2D eigenvalue weighted by molar-refractivity contribution is 0.121. The average molecular weight is 325 g/mol. The van der Waals surface area contributed by atoms with Gasteiger partial charge in [0.1, 0.15) is 5.58 Å². The van der Waals surface area contributed by atoms with E-state index in [-0.39, 0.29) is 0 Å². The van der Waals surface area contributed by atoms with Gasteiger partial charge in [-0.15, -0.1) is 0 Å². The van der Waals surface area contributed by atoms with Crippen LogP contribution in [0.4, 0.5) is 0 Å². The van der Waals surface area contributed by atoms with Crippen LogP contribution in [0, 0.1) is 5.92 Å². The summed E-state index contributed by atoms with van der Waals surface area (Å²) in [6.45, 7) is 4.55. The van der Waals surface area contributed by atoms with Crippen LogP contribution < -0.4 is 0 Å². The third-order valence-corrected chi connectivity index (χ3v) is 4.82. The van der Waals surface area contributed by atoms with Crippen molar-refractivity contribution >= 4 is 11.0 Å². The molecular weight excluding hydrogens is 302 g/mol. The van der Waals surface area contributed by atoms with Crippen LogP contribution in [0.1, 0.15) is 11.3 Å². The monoisotopic (exact) mass is 325 g/mol. The maximum absolute atomic E-state index is 5.86. The molecule has 0 bridgehead atoms. The van der Waals surface area contributed by atoms with E-state index in [1.165, 1.54) is 16.6 Å². The molecule has 0 unspecified atom stereocenters. The lowest BCUT2D eigenvalue weighted by atomic mass is 9.97. The van der Waals surface area contributed by atoms with E-state index >= 15 is 0 Å². The Morgan fingerprint density at radius 3 is 3.08 bits per heavy atom. The zero-order chi connectivity index (χ0) is 16.4. The van der Waals surface area contributed by atoms with E-state index in [1.807, 2.05) is 24.0 Å². The summed E-state index contributed by atoms with van der Waals surface area (Å²) in [5.74, 6) is 0.487. The first-order chi connectivity index (χ1) is 11.8. The van der Waals surface area contributed by atoms with Gasteiger partial charge in [0.2, 0.25) is 0 Å². The maximum Gasteiger partial charge on any atom is 0.134 e. The molecule has 126 valence electrons. The van der Waals surface area contributed by atoms with Gasteiger partial charge in [0, 0.05) is 38.3 Å². The molecule has 3 heterocycles. The highest BCUT2D eigenvalue weighted by Crippen LogP contribution is 2.24. The summed E-state index contributed by atoms with van der Waals surface area (Å²) in [6.07, 6.45) is 4.64. The number of ether oxygens (including phenoxy) is 1. The molecule has 1 fully saturated rings. The Kier molecular flexibility index (Phi) is 4.36. The van der Waals surface area contributed by atoms with E-state index in [0.717, 1.165) is 44.9 Å². The molecule has 2 aromatic heterocycles. The predicted molar refractivity (Wildman–Crippen MR) is 92.7 cm³/mol. The first-order valence-electron chi connectivity index (χ1n) is 8.51. The predicted octanol–water partition coefficient (Wildman–Crippen LogP) is 2.86. The second kappa shape index (κ2) is 6.79. The third kappa shape index (κ3) is 3.23. The molecular formula is C19H23N3O2. The smallest absolute Gasteiger partial charge is 0.134 e. The van der Waals surface area contributed by atoms with Crippen molar-refractivity contribution < 1.29 is 9.15 Å². The zero-order valence-electron chi connectivity index (χ0n) is 14.0. The first kappa shape index (κ1) is 15.4. The molecule has 0 N–H and O–H groups in total. The minimum Gasteiger partial charge on any atom is -0.464 e. The molecule has 3 aromatic rings. The van der Waals surface area contributed by atoms with Gasteiger partial charge < -0.3 is 9.15 Å². The van der Waals surface area contributed by atoms with Gasteiger partial charge in [-0.25, -0.2) is 0 Å². The fourth-order valence-electron chi connectivity index (χ4n) is 3.55. The highest BCUT2D eigenvalue weighted by atomic mass is 16.5. The maximum atomic E-state index is 5.86. The Morgan fingerprint density at radius 2 is 2.21 bits per heavy atom. The summed E-state index contributed by atoms with van der Waals surface area (Å²) >= 11 is 0. The van der Waals surface area contributed by atoms with Crippen molar-refractivity contribution in [2.24, 2.45) is 13.0 Å². The molecule has 1 saturated heterocycles. The van der Waals surface area contributed by atoms with Gasteiger partial charge >= 0.3 is 0 Å². The van der Waals surface area contributed by atoms with Gasteiger partial charge in [0.25, 0.3) is 0 Å². The molecule has 1 aliphatic rings. The number of benzene rings is 1. The molecule has 1 aromatic carbocycles. The van der Waals surface area contributed by atoms with Gasteiger partial charge in [-0.1, -0.05) is 12.1 Å². The molecule has 0 amide bonds. The Hall–Kier alpha value is -2.11. The second-order valence-corrected chi connectivity index (χ2v) is 6.58. The third-order valence-electron chi connectivity index (χ3n) is 4.82. The number of hydrogen-bond acceptors (Lipinski definition) is 4. The number of aromatic nitrogens is 2. The Balaban J connectivity index is 1.48. The van der Waals surface area contributed by atoms with Crippen LogP contribution >= 0.6 is 0 Å². The van der Waals surface area contributed by atoms with E-state index in [9.17, 15) is 0 Å². The Labute approximate surface area is 141 Å². The molecule has 0 spiro atoms. The second-order valence-electron chi connectivity index (χ2n) is 6.58. The number of nitrogens with zero attached hydrogens (tertiary/aromatic N) is 3. The summed E-state index contributed by atoms with van der Waals surface area (Å²) < 4.78 is 13.3. The summed E-state index contributed by atoms with van der Waals surface area (Å²) in [7, 11) is 2.00. The van der Waals surface area contributed by atoms with E-state index in [1.54, 1.807) is 6.26 Å². The van der Waals surface area contributed by atoms with Crippen molar-refractivity contribution in [1.29, 1.82) is 0 Å². The van der Waals surface area contributed by atoms with Gasteiger partial charge in [0.15, 0.2) is 0 Å². The van der Waals surface area contributed by atoms with Crippen LogP contribution in [0.15, 0.2) is 47.2 Å². The lowest BCUT2D eigenvalue weighted by Crippen LogP contribution is -2.31. The van der Waals surface area contributed by atoms with E-state index in [2.05, 4.69) is 34.3 Å². The van der Waals surface area contributed by atoms with Crippen LogP contribution in [-0.4, -0.2) is 41.0 Å². The van der Waals surface area contributed by atoms with Crippen molar-refractivity contribution in [3.05, 3.63) is 54.0 Å². The van der Waals surface area contributed by atoms with Crippen molar-refractivity contribution in [1.82, 2.24) is 14.7 Å². The van der Waals surface area contributed by atoms with Crippen LogP contribution in [0.3, 0.4) is 0 Å². The first-order valence-corrected chi connectivity index (χ1v) is 8.51. The van der Waals surface area contributed by atoms with E-state index in [0.29, 0.717) is 5.92 Å². The molecule has 5 heteroatoms. The molecule has 1 aliphatic heterocycles. The summed E-state index contributed by atoms with van der Waals surface area (Å²) in [5.41, 5.74) is 3.55. The molecule has 24 heavy (non-hydrogen) atoms. The topological polar surface area (TPSA) is 43.4 Å². The average Bonchev–Trinajstić information content (AvgIpc) is 3.15. The zero-order valence-corrected chi connectivity index (χ0v) is 14.0. The number of aryl methyl sites for hydroxylation is 1. The SMILES string of the molecule is Cn1nccc1CN1CCOC[C@@H](Cc2cccc3occc23)C1. The molecule has 4 rings (SSSR count). The molecule has 0 aliphatic carbocycles. The van der Waals surface area contributed by atoms with Crippen LogP contribution in [-0.2, 0) is 24.8 Å². The summed E-state index contributed by atoms with van der Waals surface area (Å²) in [5, 5.41) is 5.49. The fourth-order valence-corrected chi connectivity index (χ4v) is 3.55. The van der Waals surface area contributed by atoms with E-state index in [4.69, 9.17) is 9.15 Å². The normalized spacial score (nSPS) is 19.6. The number of hydrogen-bond donors (Lipinski definition) is 0. The fraction of sp³-hybridized carbons (Fsp3) is 0.421. The molecule has 0 saturated carbocycles. The largest absolute Gasteiger partial charge is 0.464 e. The quantitative estimate of drug-likeness (QED) is 0.740. The summed E-state index contributed by atoms with van der Waals surface area (Å²) in [4.78, 5) is 2.48. The van der Waals surface area contributed by atoms with Crippen molar-refractivity contribution in [2.45, 2.75) is 13.0 Å². The van der Waals surface area contributed by atoms with Crippen molar-refractivity contribution in [3.8, 4) is 0 Å². The number of furan rings is 1. The standard InChI is InChI=1S/C19H23N3O2/c1-21-17(5-7-20-21)13-22-8-10-23-14-15(12-22)11-16-3-2-4-19-18(16)6-9-24-19/h2-7,9,15H,8,10-14H2,1H3/t15-/m0/s1. The number of rotatable bonds is 4. The minimum absolute atomic E-state index is 0.487. The molecule has 5 nitrogen and oxygen atoms in total. The van der Waals surface area contributed by atoms with Gasteiger partial charge in [-0.2, -0.15) is 5.10 Å². The lowest BCUT2D eigenvalue weighted by Gasteiger charge is -2.23. The van der Waals surface area contributed by atoms with Crippen molar-refractivity contribution in [3.63, 3.8) is 0 Å².